The Bertz CT molecular complexity index is 852. The third-order valence-corrected chi connectivity index (χ3v) is 6.30. The molecule has 2 aromatic rings. The second-order valence-electron chi connectivity index (χ2n) is 8.12. The van der Waals surface area contributed by atoms with Crippen LogP contribution in [0.2, 0.25) is 0 Å². The van der Waals surface area contributed by atoms with Crippen LogP contribution in [0.3, 0.4) is 0 Å². The average molecular weight is 457 g/mol. The van der Waals surface area contributed by atoms with Gasteiger partial charge in [0.1, 0.15) is 29.1 Å². The number of nitrogens with zero attached hydrogens (tertiary/aromatic N) is 2. The largest absolute Gasteiger partial charge is 0.369 e. The van der Waals surface area contributed by atoms with Gasteiger partial charge in [0.25, 0.3) is 0 Å². The Kier molecular flexibility index (Phi) is 7.46. The van der Waals surface area contributed by atoms with Gasteiger partial charge in [0.2, 0.25) is 0 Å². The number of benzene rings is 2. The number of hydrogen-bond donors (Lipinski definition) is 0. The molecule has 0 saturated carbocycles. The van der Waals surface area contributed by atoms with Gasteiger partial charge in [-0.15, -0.1) is 12.4 Å². The Labute approximate surface area is 185 Å². The van der Waals surface area contributed by atoms with Crippen molar-refractivity contribution in [2.75, 3.05) is 36.0 Å². The highest BCUT2D eigenvalue weighted by Crippen LogP contribution is 2.32. The molecule has 2 saturated heterocycles. The van der Waals surface area contributed by atoms with Crippen LogP contribution in [0.5, 0.6) is 0 Å². The summed E-state index contributed by atoms with van der Waals surface area (Å²) in [6, 6.07) is 7.13. The molecule has 0 bridgehead atoms. The van der Waals surface area contributed by atoms with Gasteiger partial charge >= 0.3 is 0 Å². The highest BCUT2D eigenvalue weighted by atomic mass is 35.5. The van der Waals surface area contributed by atoms with Crippen LogP contribution in [-0.2, 0) is 4.79 Å². The Morgan fingerprint density at radius 2 is 1.03 bits per heavy atom. The minimum atomic E-state index is -0.604. The molecule has 0 aliphatic carbocycles. The third-order valence-electron chi connectivity index (χ3n) is 6.30. The van der Waals surface area contributed by atoms with Gasteiger partial charge in [-0.25, -0.2) is 17.6 Å². The average Bonchev–Trinajstić information content (AvgIpc) is 2.74. The van der Waals surface area contributed by atoms with Crippen molar-refractivity contribution in [1.29, 1.82) is 0 Å². The number of Topliss-reactive ketones (excluding diaryl/α,β-unsaturated/α-hetero) is 1. The summed E-state index contributed by atoms with van der Waals surface area (Å²) < 4.78 is 54.3. The van der Waals surface area contributed by atoms with Gasteiger partial charge < -0.3 is 9.80 Å². The third kappa shape index (κ3) is 5.14. The van der Waals surface area contributed by atoms with Crippen molar-refractivity contribution in [3.8, 4) is 0 Å². The van der Waals surface area contributed by atoms with Crippen LogP contribution in [0.25, 0.3) is 0 Å². The fraction of sp³-hybridized carbons (Fsp3) is 0.435. The molecule has 0 aromatic heterocycles. The highest BCUT2D eigenvalue weighted by Gasteiger charge is 2.33. The number of rotatable bonds is 4. The quantitative estimate of drug-likeness (QED) is 0.578. The van der Waals surface area contributed by atoms with E-state index < -0.39 is 23.3 Å². The molecule has 0 amide bonds. The zero-order valence-corrected chi connectivity index (χ0v) is 17.8. The zero-order chi connectivity index (χ0) is 21.3. The number of hydrogen-bond acceptors (Lipinski definition) is 3. The van der Waals surface area contributed by atoms with Gasteiger partial charge in [0, 0.05) is 50.1 Å². The topological polar surface area (TPSA) is 23.6 Å². The van der Waals surface area contributed by atoms with E-state index in [0.29, 0.717) is 63.2 Å². The summed E-state index contributed by atoms with van der Waals surface area (Å²) in [4.78, 5) is 16.7. The first-order chi connectivity index (χ1) is 14.4. The monoisotopic (exact) mass is 456 g/mol. The maximum atomic E-state index is 14.0. The number of ketones is 1. The summed E-state index contributed by atoms with van der Waals surface area (Å²) >= 11 is 0. The standard InChI is InChI=1S/C23H24F4N2O.ClH/c24-17-1-3-21(19(26)13-17)28-9-5-15(6-10-28)23(30)16-7-11-29(12-8-16)22-4-2-18(25)14-20(22)27;/h1-4,13-16H,5-12H2;1H. The molecule has 2 aliphatic heterocycles. The molecular formula is C23H25ClF4N2O. The molecule has 0 N–H and O–H groups in total. The van der Waals surface area contributed by atoms with Crippen molar-refractivity contribution in [3.05, 3.63) is 59.7 Å². The van der Waals surface area contributed by atoms with Crippen LogP contribution < -0.4 is 9.80 Å². The Balaban J connectivity index is 0.00000272. The lowest BCUT2D eigenvalue weighted by Crippen LogP contribution is -2.42. The molecule has 2 aliphatic rings. The predicted octanol–water partition coefficient (Wildman–Crippen LogP) is 5.37. The summed E-state index contributed by atoms with van der Waals surface area (Å²) in [5, 5.41) is 0. The summed E-state index contributed by atoms with van der Waals surface area (Å²) in [5.41, 5.74) is 0.744. The van der Waals surface area contributed by atoms with Crippen LogP contribution in [0.1, 0.15) is 25.7 Å². The first-order valence-corrected chi connectivity index (χ1v) is 10.4. The van der Waals surface area contributed by atoms with E-state index in [0.717, 1.165) is 12.1 Å². The van der Waals surface area contributed by atoms with Crippen molar-refractivity contribution < 1.29 is 22.4 Å². The Morgan fingerprint density at radius 3 is 1.35 bits per heavy atom. The molecule has 0 atom stereocenters. The minimum absolute atomic E-state index is 0. The molecule has 0 unspecified atom stereocenters. The van der Waals surface area contributed by atoms with E-state index >= 15 is 0 Å². The van der Waals surface area contributed by atoms with Gasteiger partial charge in [0.05, 0.1) is 11.4 Å². The minimum Gasteiger partial charge on any atom is -0.369 e. The first-order valence-electron chi connectivity index (χ1n) is 10.4. The molecule has 8 heteroatoms. The van der Waals surface area contributed by atoms with Crippen LogP contribution in [0.4, 0.5) is 28.9 Å². The van der Waals surface area contributed by atoms with Gasteiger partial charge in [-0.05, 0) is 49.9 Å². The summed E-state index contributed by atoms with van der Waals surface area (Å²) in [5.74, 6) is -2.28. The molecule has 31 heavy (non-hydrogen) atoms. The van der Waals surface area contributed by atoms with Crippen LogP contribution >= 0.6 is 12.4 Å². The highest BCUT2D eigenvalue weighted by molar-refractivity contribution is 5.85. The number of carbonyl (C=O) groups is 1. The van der Waals surface area contributed by atoms with E-state index in [9.17, 15) is 22.4 Å². The fourth-order valence-electron chi connectivity index (χ4n) is 4.62. The van der Waals surface area contributed by atoms with E-state index in [4.69, 9.17) is 0 Å². The smallest absolute Gasteiger partial charge is 0.149 e. The second-order valence-corrected chi connectivity index (χ2v) is 8.12. The lowest BCUT2D eigenvalue weighted by Gasteiger charge is -2.37. The molecule has 4 rings (SSSR count). The second kappa shape index (κ2) is 9.90. The first kappa shape index (κ1) is 23.4. The predicted molar refractivity (Wildman–Crippen MR) is 115 cm³/mol. The van der Waals surface area contributed by atoms with Gasteiger partial charge in [-0.1, -0.05) is 0 Å². The van der Waals surface area contributed by atoms with E-state index in [2.05, 4.69) is 0 Å². The molecule has 3 nitrogen and oxygen atoms in total. The molecule has 0 spiro atoms. The number of carbonyl (C=O) groups excluding carboxylic acids is 1. The molecule has 2 heterocycles. The van der Waals surface area contributed by atoms with E-state index in [1.807, 2.05) is 9.80 Å². The van der Waals surface area contributed by atoms with Crippen molar-refractivity contribution >= 4 is 29.6 Å². The summed E-state index contributed by atoms with van der Waals surface area (Å²) in [6.07, 6.45) is 2.57. The summed E-state index contributed by atoms with van der Waals surface area (Å²) in [7, 11) is 0. The van der Waals surface area contributed by atoms with Crippen molar-refractivity contribution in [1.82, 2.24) is 0 Å². The lowest BCUT2D eigenvalue weighted by molar-refractivity contribution is -0.128. The maximum absolute atomic E-state index is 14.0. The SMILES string of the molecule is Cl.O=C(C1CCN(c2ccc(F)cc2F)CC1)C1CCN(c2ccc(F)cc2F)CC1. The van der Waals surface area contributed by atoms with E-state index in [1.54, 1.807) is 0 Å². The molecule has 2 fully saturated rings. The van der Waals surface area contributed by atoms with E-state index in [1.165, 1.54) is 24.3 Å². The van der Waals surface area contributed by atoms with Crippen molar-refractivity contribution in [2.45, 2.75) is 25.7 Å². The molecule has 168 valence electrons. The van der Waals surface area contributed by atoms with Crippen LogP contribution in [0, 0.1) is 35.1 Å². The number of piperidine rings is 2. The number of halogens is 5. The Morgan fingerprint density at radius 1 is 0.677 bits per heavy atom. The zero-order valence-electron chi connectivity index (χ0n) is 17.0. The molecule has 0 radical (unpaired) electrons. The molecular weight excluding hydrogens is 432 g/mol. The van der Waals surface area contributed by atoms with Gasteiger partial charge in [-0.3, -0.25) is 4.79 Å². The van der Waals surface area contributed by atoms with E-state index in [-0.39, 0.29) is 30.0 Å². The van der Waals surface area contributed by atoms with Crippen LogP contribution in [-0.4, -0.2) is 32.0 Å². The van der Waals surface area contributed by atoms with Gasteiger partial charge in [-0.2, -0.15) is 0 Å². The van der Waals surface area contributed by atoms with Crippen LogP contribution in [0.15, 0.2) is 36.4 Å². The lowest BCUT2D eigenvalue weighted by atomic mass is 9.81. The van der Waals surface area contributed by atoms with Crippen molar-refractivity contribution in [3.63, 3.8) is 0 Å². The summed E-state index contributed by atoms with van der Waals surface area (Å²) in [6.45, 7) is 2.22. The maximum Gasteiger partial charge on any atom is 0.149 e. The fourth-order valence-corrected chi connectivity index (χ4v) is 4.62. The Hall–Kier alpha value is -2.28. The molecule has 2 aromatic carbocycles. The van der Waals surface area contributed by atoms with Gasteiger partial charge in [0.15, 0.2) is 0 Å². The normalized spacial score (nSPS) is 18.1. The van der Waals surface area contributed by atoms with Crippen molar-refractivity contribution in [2.24, 2.45) is 11.8 Å². The number of anilines is 2.